The van der Waals surface area contributed by atoms with E-state index in [4.69, 9.17) is 9.47 Å². The van der Waals surface area contributed by atoms with E-state index in [1.165, 1.54) is 11.3 Å². The fourth-order valence-corrected chi connectivity index (χ4v) is 4.94. The first-order valence-corrected chi connectivity index (χ1v) is 13.3. The number of anilines is 1. The predicted octanol–water partition coefficient (Wildman–Crippen LogP) is 3.81. The van der Waals surface area contributed by atoms with Gasteiger partial charge in [-0.3, -0.25) is 9.59 Å². The van der Waals surface area contributed by atoms with Gasteiger partial charge in [0, 0.05) is 37.8 Å². The van der Waals surface area contributed by atoms with Crippen molar-refractivity contribution in [3.05, 3.63) is 52.7 Å². The van der Waals surface area contributed by atoms with E-state index in [2.05, 4.69) is 15.1 Å². The normalized spacial score (nSPS) is 14.3. The highest BCUT2D eigenvalue weighted by Crippen LogP contribution is 2.31. The second kappa shape index (κ2) is 12.1. The molecule has 0 N–H and O–H groups in total. The molecular weight excluding hydrogens is 490 g/mol. The molecule has 1 atom stereocenters. The second-order valence-electron chi connectivity index (χ2n) is 8.88. The maximum Gasteiger partial charge on any atom is 0.264 e. The van der Waals surface area contributed by atoms with Gasteiger partial charge in [0.1, 0.15) is 6.54 Å². The van der Waals surface area contributed by atoms with E-state index in [0.29, 0.717) is 42.6 Å². The number of benzene rings is 1. The molecule has 0 bridgehead atoms. The number of ether oxygens (including phenoxy) is 2. The highest BCUT2D eigenvalue weighted by Gasteiger charge is 2.28. The molecule has 0 saturated carbocycles. The van der Waals surface area contributed by atoms with Crippen LogP contribution in [0.5, 0.6) is 11.5 Å². The van der Waals surface area contributed by atoms with Crippen molar-refractivity contribution in [3.8, 4) is 22.8 Å². The predicted molar refractivity (Wildman–Crippen MR) is 144 cm³/mol. The van der Waals surface area contributed by atoms with Crippen molar-refractivity contribution in [2.75, 3.05) is 51.8 Å². The van der Waals surface area contributed by atoms with Crippen LogP contribution in [0.2, 0.25) is 0 Å². The van der Waals surface area contributed by atoms with Crippen molar-refractivity contribution < 1.29 is 19.1 Å². The van der Waals surface area contributed by atoms with Crippen LogP contribution in [0.1, 0.15) is 29.9 Å². The Bertz CT molecular complexity index is 1190. The van der Waals surface area contributed by atoms with Gasteiger partial charge >= 0.3 is 0 Å². The fourth-order valence-electron chi connectivity index (χ4n) is 4.26. The van der Waals surface area contributed by atoms with Crippen molar-refractivity contribution >= 4 is 29.0 Å². The average molecular weight is 524 g/mol. The van der Waals surface area contributed by atoms with Gasteiger partial charge < -0.3 is 24.2 Å². The van der Waals surface area contributed by atoms with Crippen LogP contribution in [0.15, 0.2) is 47.8 Å². The third-order valence-corrected chi connectivity index (χ3v) is 7.57. The first-order chi connectivity index (χ1) is 17.9. The molecule has 1 aliphatic rings. The summed E-state index contributed by atoms with van der Waals surface area (Å²) in [7, 11) is 3.20. The number of piperazine rings is 1. The molecule has 1 aliphatic heterocycles. The van der Waals surface area contributed by atoms with Gasteiger partial charge in [-0.15, -0.1) is 21.5 Å². The maximum atomic E-state index is 13.1. The van der Waals surface area contributed by atoms with Crippen LogP contribution in [0.25, 0.3) is 11.3 Å². The molecule has 2 amide bonds. The van der Waals surface area contributed by atoms with Gasteiger partial charge in [0.15, 0.2) is 17.3 Å². The first-order valence-electron chi connectivity index (χ1n) is 12.4. The number of hydrogen-bond acceptors (Lipinski definition) is 8. The van der Waals surface area contributed by atoms with Gasteiger partial charge in [-0.2, -0.15) is 0 Å². The zero-order valence-corrected chi connectivity index (χ0v) is 22.5. The third-order valence-electron chi connectivity index (χ3n) is 6.71. The van der Waals surface area contributed by atoms with Crippen molar-refractivity contribution in [2.45, 2.75) is 26.3 Å². The second-order valence-corrected chi connectivity index (χ2v) is 9.83. The molecule has 37 heavy (non-hydrogen) atoms. The van der Waals surface area contributed by atoms with E-state index in [1.54, 1.807) is 19.1 Å². The summed E-state index contributed by atoms with van der Waals surface area (Å²) < 4.78 is 10.7. The van der Waals surface area contributed by atoms with Gasteiger partial charge in [0.25, 0.3) is 5.91 Å². The van der Waals surface area contributed by atoms with E-state index in [-0.39, 0.29) is 24.4 Å². The number of aromatic nitrogens is 2. The summed E-state index contributed by atoms with van der Waals surface area (Å²) in [6, 6.07) is 13.2. The number of carbonyl (C=O) groups excluding carboxylic acids is 2. The van der Waals surface area contributed by atoms with Gasteiger partial charge in [-0.25, -0.2) is 0 Å². The van der Waals surface area contributed by atoms with E-state index in [9.17, 15) is 9.59 Å². The quantitative estimate of drug-likeness (QED) is 0.421. The summed E-state index contributed by atoms with van der Waals surface area (Å²) in [5.74, 6) is 1.95. The van der Waals surface area contributed by atoms with Crippen LogP contribution in [-0.2, 0) is 4.79 Å². The van der Waals surface area contributed by atoms with Crippen LogP contribution in [-0.4, -0.2) is 84.8 Å². The molecule has 196 valence electrons. The molecule has 0 unspecified atom stereocenters. The average Bonchev–Trinajstić information content (AvgIpc) is 3.50. The minimum Gasteiger partial charge on any atom is -0.493 e. The van der Waals surface area contributed by atoms with Crippen LogP contribution >= 0.6 is 11.3 Å². The highest BCUT2D eigenvalue weighted by molar-refractivity contribution is 7.12. The van der Waals surface area contributed by atoms with Gasteiger partial charge in [0.05, 0.1) is 24.8 Å². The Morgan fingerprint density at radius 2 is 1.78 bits per heavy atom. The van der Waals surface area contributed by atoms with Crippen LogP contribution < -0.4 is 14.4 Å². The Kier molecular flexibility index (Phi) is 8.60. The Labute approximate surface area is 221 Å². The molecule has 1 saturated heterocycles. The lowest BCUT2D eigenvalue weighted by Crippen LogP contribution is -2.53. The number of nitrogens with zero attached hydrogens (tertiary/aromatic N) is 5. The summed E-state index contributed by atoms with van der Waals surface area (Å²) in [5, 5.41) is 10.7. The smallest absolute Gasteiger partial charge is 0.264 e. The van der Waals surface area contributed by atoms with E-state index < -0.39 is 0 Å². The Balaban J connectivity index is 1.36. The lowest BCUT2D eigenvalue weighted by Gasteiger charge is -2.37. The summed E-state index contributed by atoms with van der Waals surface area (Å²) >= 11 is 1.40. The number of hydrogen-bond donors (Lipinski definition) is 0. The van der Waals surface area contributed by atoms with E-state index in [1.807, 2.05) is 66.6 Å². The molecule has 3 heterocycles. The minimum absolute atomic E-state index is 0.0145. The molecule has 3 aromatic rings. The molecule has 1 aromatic carbocycles. The van der Waals surface area contributed by atoms with Crippen molar-refractivity contribution in [3.63, 3.8) is 0 Å². The Morgan fingerprint density at radius 3 is 2.38 bits per heavy atom. The maximum absolute atomic E-state index is 13.1. The van der Waals surface area contributed by atoms with Crippen LogP contribution in [0, 0.1) is 0 Å². The van der Waals surface area contributed by atoms with Crippen LogP contribution in [0.3, 0.4) is 0 Å². The minimum atomic E-state index is -0.0822. The third kappa shape index (κ3) is 6.02. The van der Waals surface area contributed by atoms with Gasteiger partial charge in [-0.05, 0) is 55.1 Å². The lowest BCUT2D eigenvalue weighted by molar-refractivity contribution is -0.132. The standard InChI is InChI=1S/C27H33N5O4S/c1-5-19(2)32(27(34)24-7-6-16-37-24)18-26(33)31-14-12-30(13-15-31)25-11-9-21(28-29-25)20-8-10-22(35-3)23(17-20)36-4/h6-11,16-17,19H,5,12-15,18H2,1-4H3/t19-/m1/s1. The first kappa shape index (κ1) is 26.4. The van der Waals surface area contributed by atoms with Crippen molar-refractivity contribution in [1.29, 1.82) is 0 Å². The molecule has 1 fully saturated rings. The van der Waals surface area contributed by atoms with E-state index in [0.717, 1.165) is 23.5 Å². The highest BCUT2D eigenvalue weighted by atomic mass is 32.1. The molecule has 9 nitrogen and oxygen atoms in total. The molecule has 10 heteroatoms. The number of thiophene rings is 1. The topological polar surface area (TPSA) is 88.1 Å². The Morgan fingerprint density at radius 1 is 1.03 bits per heavy atom. The summed E-state index contributed by atoms with van der Waals surface area (Å²) in [6.45, 7) is 6.54. The molecule has 2 aromatic heterocycles. The molecule has 4 rings (SSSR count). The Hall–Kier alpha value is -3.66. The number of carbonyl (C=O) groups is 2. The van der Waals surface area contributed by atoms with E-state index >= 15 is 0 Å². The zero-order chi connectivity index (χ0) is 26.4. The summed E-state index contributed by atoms with van der Waals surface area (Å²) in [6.07, 6.45) is 0.788. The van der Waals surface area contributed by atoms with Crippen LogP contribution in [0.4, 0.5) is 5.82 Å². The van der Waals surface area contributed by atoms with Gasteiger partial charge in [0.2, 0.25) is 5.91 Å². The largest absolute Gasteiger partial charge is 0.493 e. The summed E-state index contributed by atoms with van der Waals surface area (Å²) in [4.78, 5) is 32.4. The SMILES string of the molecule is CC[C@@H](C)N(CC(=O)N1CCN(c2ccc(-c3ccc(OC)c(OC)c3)nn2)CC1)C(=O)c1cccs1. The zero-order valence-electron chi connectivity index (χ0n) is 21.7. The number of rotatable bonds is 9. The molecular formula is C27H33N5O4S. The number of amides is 2. The van der Waals surface area contributed by atoms with Crippen molar-refractivity contribution in [2.24, 2.45) is 0 Å². The molecule has 0 radical (unpaired) electrons. The number of methoxy groups -OCH3 is 2. The fraction of sp³-hybridized carbons (Fsp3) is 0.407. The monoisotopic (exact) mass is 523 g/mol. The molecule has 0 aliphatic carbocycles. The summed E-state index contributed by atoms with van der Waals surface area (Å²) in [5.41, 5.74) is 1.62. The lowest BCUT2D eigenvalue weighted by atomic mass is 10.1. The van der Waals surface area contributed by atoms with Crippen molar-refractivity contribution in [1.82, 2.24) is 20.0 Å². The van der Waals surface area contributed by atoms with Gasteiger partial charge in [-0.1, -0.05) is 13.0 Å². The molecule has 0 spiro atoms.